The van der Waals surface area contributed by atoms with E-state index < -0.39 is 24.2 Å². The summed E-state index contributed by atoms with van der Waals surface area (Å²) in [6, 6.07) is -1.05. The normalized spacial score (nSPS) is 9.84. The first-order chi connectivity index (χ1) is 11.9. The van der Waals surface area contributed by atoms with E-state index in [1.807, 2.05) is 0 Å². The van der Waals surface area contributed by atoms with Crippen molar-refractivity contribution in [1.82, 2.24) is 25.3 Å². The van der Waals surface area contributed by atoms with Gasteiger partial charge in [0.25, 0.3) is 0 Å². The number of nitrogens with one attached hydrogen (secondary N) is 1. The Kier molecular flexibility index (Phi) is 5.87. The maximum absolute atomic E-state index is 11.5. The first kappa shape index (κ1) is 18.2. The van der Waals surface area contributed by atoms with Crippen molar-refractivity contribution in [3.05, 3.63) is 33.8 Å². The topological polar surface area (TPSA) is 150 Å². The van der Waals surface area contributed by atoms with E-state index in [2.05, 4.69) is 29.4 Å². The zero-order valence-corrected chi connectivity index (χ0v) is 13.3. The van der Waals surface area contributed by atoms with Gasteiger partial charge in [-0.1, -0.05) is 23.2 Å². The van der Waals surface area contributed by atoms with Gasteiger partial charge in [-0.05, 0) is 0 Å². The molecule has 2 rings (SSSR count). The van der Waals surface area contributed by atoms with Crippen LogP contribution in [0.2, 0.25) is 10.0 Å². The van der Waals surface area contributed by atoms with Gasteiger partial charge in [-0.15, -0.1) is 0 Å². The van der Waals surface area contributed by atoms with E-state index in [9.17, 15) is 19.2 Å². The van der Waals surface area contributed by atoms with Crippen molar-refractivity contribution in [2.24, 2.45) is 0 Å². The molecule has 128 valence electrons. The number of aromatic nitrogens is 4. The summed E-state index contributed by atoms with van der Waals surface area (Å²) in [7, 11) is 0. The van der Waals surface area contributed by atoms with Crippen LogP contribution < -0.4 is 14.8 Å². The Morgan fingerprint density at radius 2 is 1.28 bits per heavy atom. The van der Waals surface area contributed by atoms with Crippen LogP contribution in [0.15, 0.2) is 12.4 Å². The molecule has 0 aliphatic rings. The SMILES string of the molecule is O=Cc1nc(OC(=O)NC(=O)Oc2ncc(Cl)c(C=O)n2)ncc1Cl. The lowest BCUT2D eigenvalue weighted by Gasteiger charge is -2.05. The van der Waals surface area contributed by atoms with E-state index in [1.165, 1.54) is 0 Å². The Balaban J connectivity index is 1.97. The molecule has 0 fully saturated rings. The molecular formula is C12H5Cl2N5O6. The minimum atomic E-state index is -1.31. The maximum Gasteiger partial charge on any atom is 0.424 e. The van der Waals surface area contributed by atoms with Crippen LogP contribution in [0, 0.1) is 0 Å². The number of halogens is 2. The Morgan fingerprint density at radius 3 is 1.64 bits per heavy atom. The fourth-order valence-electron chi connectivity index (χ4n) is 1.29. The highest BCUT2D eigenvalue weighted by Crippen LogP contribution is 2.14. The zero-order valence-electron chi connectivity index (χ0n) is 11.8. The van der Waals surface area contributed by atoms with Crippen LogP contribution in [0.25, 0.3) is 0 Å². The minimum Gasteiger partial charge on any atom is -0.374 e. The van der Waals surface area contributed by atoms with Crippen molar-refractivity contribution >= 4 is 48.0 Å². The molecule has 1 N–H and O–H groups in total. The second kappa shape index (κ2) is 8.08. The number of hydrogen-bond acceptors (Lipinski definition) is 10. The average Bonchev–Trinajstić information content (AvgIpc) is 2.58. The number of amides is 2. The molecular weight excluding hydrogens is 381 g/mol. The summed E-state index contributed by atoms with van der Waals surface area (Å²) in [5.41, 5.74) is -0.420. The molecule has 25 heavy (non-hydrogen) atoms. The van der Waals surface area contributed by atoms with Gasteiger partial charge in [-0.25, -0.2) is 24.9 Å². The Labute approximate surface area is 148 Å². The van der Waals surface area contributed by atoms with Gasteiger partial charge in [0.1, 0.15) is 11.4 Å². The van der Waals surface area contributed by atoms with Crippen molar-refractivity contribution in [3.8, 4) is 12.0 Å². The second-order valence-corrected chi connectivity index (χ2v) is 4.73. The molecule has 0 radical (unpaired) electrons. The fraction of sp³-hybridized carbons (Fsp3) is 0. The predicted octanol–water partition coefficient (Wildman–Crippen LogP) is 1.49. The molecule has 2 heterocycles. The second-order valence-electron chi connectivity index (χ2n) is 3.91. The van der Waals surface area contributed by atoms with Crippen LogP contribution in [-0.2, 0) is 0 Å². The minimum absolute atomic E-state index is 0.0481. The molecule has 0 saturated heterocycles. The number of ether oxygens (including phenoxy) is 2. The van der Waals surface area contributed by atoms with Crippen LogP contribution in [0.4, 0.5) is 9.59 Å². The lowest BCUT2D eigenvalue weighted by atomic mass is 10.4. The highest BCUT2D eigenvalue weighted by atomic mass is 35.5. The quantitative estimate of drug-likeness (QED) is 0.765. The summed E-state index contributed by atoms with van der Waals surface area (Å²) >= 11 is 11.2. The van der Waals surface area contributed by atoms with E-state index in [0.717, 1.165) is 12.4 Å². The molecule has 0 aromatic carbocycles. The third-order valence-corrected chi connectivity index (χ3v) is 2.88. The number of carbonyl (C=O) groups excluding carboxylic acids is 4. The van der Waals surface area contributed by atoms with Crippen molar-refractivity contribution in [2.45, 2.75) is 0 Å². The highest BCUT2D eigenvalue weighted by Gasteiger charge is 2.16. The smallest absolute Gasteiger partial charge is 0.374 e. The van der Waals surface area contributed by atoms with Crippen molar-refractivity contribution in [3.63, 3.8) is 0 Å². The summed E-state index contributed by atoms with van der Waals surface area (Å²) in [6.45, 7) is 0. The first-order valence-corrected chi connectivity index (χ1v) is 6.84. The molecule has 11 nitrogen and oxygen atoms in total. The number of carbonyl (C=O) groups is 4. The molecule has 0 bridgehead atoms. The molecule has 0 aliphatic carbocycles. The molecule has 2 aromatic heterocycles. The zero-order chi connectivity index (χ0) is 18.4. The van der Waals surface area contributed by atoms with Gasteiger partial charge in [-0.2, -0.15) is 9.97 Å². The highest BCUT2D eigenvalue weighted by molar-refractivity contribution is 6.32. The van der Waals surface area contributed by atoms with Gasteiger partial charge in [-0.3, -0.25) is 9.59 Å². The van der Waals surface area contributed by atoms with Crippen molar-refractivity contribution < 1.29 is 28.7 Å². The summed E-state index contributed by atoms with van der Waals surface area (Å²) < 4.78 is 9.15. The molecule has 0 saturated carbocycles. The lowest BCUT2D eigenvalue weighted by Crippen LogP contribution is -2.36. The average molecular weight is 386 g/mol. The van der Waals surface area contributed by atoms with Crippen LogP contribution in [-0.4, -0.2) is 44.7 Å². The van der Waals surface area contributed by atoms with Gasteiger partial charge in [0, 0.05) is 0 Å². The molecule has 2 amide bonds. The van der Waals surface area contributed by atoms with Gasteiger partial charge in [0.05, 0.1) is 22.4 Å². The van der Waals surface area contributed by atoms with Crippen molar-refractivity contribution in [2.75, 3.05) is 0 Å². The number of hydrogen-bond donors (Lipinski definition) is 1. The van der Waals surface area contributed by atoms with E-state index in [0.29, 0.717) is 12.6 Å². The summed E-state index contributed by atoms with van der Waals surface area (Å²) in [5, 5.41) is 1.56. The maximum atomic E-state index is 11.5. The number of nitrogens with zero attached hydrogens (tertiary/aromatic N) is 4. The Morgan fingerprint density at radius 1 is 0.880 bits per heavy atom. The summed E-state index contributed by atoms with van der Waals surface area (Å²) in [5.74, 6) is 0. The molecule has 2 aromatic rings. The third kappa shape index (κ3) is 4.89. The summed E-state index contributed by atoms with van der Waals surface area (Å²) in [4.78, 5) is 58.5. The number of imide groups is 1. The number of aldehydes is 2. The van der Waals surface area contributed by atoms with Crippen molar-refractivity contribution in [1.29, 1.82) is 0 Å². The van der Waals surface area contributed by atoms with E-state index in [1.54, 1.807) is 5.32 Å². The standard InChI is InChI=1S/C12H5Cl2N5O6/c13-5-1-15-9(17-7(5)3-20)24-11(22)19-12(23)25-10-16-2-6(14)8(4-21)18-10/h1-4H,(H,19,22,23). The number of rotatable bonds is 4. The Bertz CT molecular complexity index is 792. The molecule has 0 atom stereocenters. The van der Waals surface area contributed by atoms with Crippen LogP contribution in [0.1, 0.15) is 21.0 Å². The van der Waals surface area contributed by atoms with Crippen LogP contribution >= 0.6 is 23.2 Å². The van der Waals surface area contributed by atoms with Gasteiger partial charge in [0.15, 0.2) is 12.6 Å². The van der Waals surface area contributed by atoms with Gasteiger partial charge >= 0.3 is 24.2 Å². The lowest BCUT2D eigenvalue weighted by molar-refractivity contribution is 0.111. The monoisotopic (exact) mass is 385 g/mol. The largest absolute Gasteiger partial charge is 0.424 e. The first-order valence-electron chi connectivity index (χ1n) is 6.09. The Hall–Kier alpha value is -3.18. The predicted molar refractivity (Wildman–Crippen MR) is 80.0 cm³/mol. The fourth-order valence-corrected chi connectivity index (χ4v) is 1.56. The van der Waals surface area contributed by atoms with E-state index in [4.69, 9.17) is 23.2 Å². The van der Waals surface area contributed by atoms with Crippen LogP contribution in [0.5, 0.6) is 12.0 Å². The van der Waals surface area contributed by atoms with Gasteiger partial charge in [0.2, 0.25) is 0 Å². The molecule has 0 unspecified atom stereocenters. The van der Waals surface area contributed by atoms with E-state index in [-0.39, 0.29) is 21.4 Å². The molecule has 13 heteroatoms. The third-order valence-electron chi connectivity index (χ3n) is 2.29. The van der Waals surface area contributed by atoms with Gasteiger partial charge < -0.3 is 9.47 Å². The molecule has 0 spiro atoms. The summed E-state index contributed by atoms with van der Waals surface area (Å²) in [6.07, 6.45) is 0.0862. The van der Waals surface area contributed by atoms with E-state index >= 15 is 0 Å². The van der Waals surface area contributed by atoms with Crippen LogP contribution in [0.3, 0.4) is 0 Å². The molecule has 0 aliphatic heterocycles.